The quantitative estimate of drug-likeness (QED) is 0.909. The first-order chi connectivity index (χ1) is 8.99. The van der Waals surface area contributed by atoms with Gasteiger partial charge in [-0.1, -0.05) is 22.0 Å². The SMILES string of the molecule is Cc1ccc(Br)cc1C(=O)N1CCC(C(C)N)CC1. The van der Waals surface area contributed by atoms with E-state index >= 15 is 0 Å². The number of nitrogens with zero attached hydrogens (tertiary/aromatic N) is 1. The van der Waals surface area contributed by atoms with Gasteiger partial charge in [-0.25, -0.2) is 0 Å². The van der Waals surface area contributed by atoms with E-state index in [1.165, 1.54) is 0 Å². The van der Waals surface area contributed by atoms with Crippen LogP contribution >= 0.6 is 15.9 Å². The molecule has 0 spiro atoms. The Morgan fingerprint density at radius 3 is 2.63 bits per heavy atom. The number of amides is 1. The van der Waals surface area contributed by atoms with Gasteiger partial charge in [0.1, 0.15) is 0 Å². The fraction of sp³-hybridized carbons (Fsp3) is 0.533. The normalized spacial score (nSPS) is 18.4. The number of likely N-dealkylation sites (tertiary alicyclic amines) is 1. The first-order valence-corrected chi connectivity index (χ1v) is 7.59. The van der Waals surface area contributed by atoms with Crippen LogP contribution in [0.2, 0.25) is 0 Å². The molecule has 1 aliphatic rings. The molecule has 1 heterocycles. The molecule has 0 bridgehead atoms. The largest absolute Gasteiger partial charge is 0.339 e. The van der Waals surface area contributed by atoms with Crippen molar-refractivity contribution < 1.29 is 4.79 Å². The third-order valence-corrected chi connectivity index (χ3v) is 4.49. The lowest BCUT2D eigenvalue weighted by molar-refractivity contribution is 0.0680. The molecule has 4 heteroatoms. The highest BCUT2D eigenvalue weighted by molar-refractivity contribution is 9.10. The average molecular weight is 325 g/mol. The highest BCUT2D eigenvalue weighted by atomic mass is 79.9. The highest BCUT2D eigenvalue weighted by Crippen LogP contribution is 2.23. The highest BCUT2D eigenvalue weighted by Gasteiger charge is 2.26. The van der Waals surface area contributed by atoms with Crippen molar-refractivity contribution in [3.63, 3.8) is 0 Å². The van der Waals surface area contributed by atoms with Gasteiger partial charge in [0.15, 0.2) is 0 Å². The van der Waals surface area contributed by atoms with E-state index in [1.807, 2.05) is 30.0 Å². The number of benzene rings is 1. The van der Waals surface area contributed by atoms with Crippen molar-refractivity contribution in [2.75, 3.05) is 13.1 Å². The molecule has 0 radical (unpaired) electrons. The minimum absolute atomic E-state index is 0.141. The summed E-state index contributed by atoms with van der Waals surface area (Å²) >= 11 is 3.43. The number of halogens is 1. The van der Waals surface area contributed by atoms with E-state index in [4.69, 9.17) is 5.73 Å². The number of rotatable bonds is 2. The minimum atomic E-state index is 0.141. The monoisotopic (exact) mass is 324 g/mol. The second-order valence-corrected chi connectivity index (χ2v) is 6.36. The van der Waals surface area contributed by atoms with E-state index in [2.05, 4.69) is 22.9 Å². The Morgan fingerprint density at radius 2 is 2.05 bits per heavy atom. The van der Waals surface area contributed by atoms with Crippen molar-refractivity contribution in [3.8, 4) is 0 Å². The summed E-state index contributed by atoms with van der Waals surface area (Å²) in [5.41, 5.74) is 7.76. The first kappa shape index (κ1) is 14.5. The predicted octanol–water partition coefficient (Wildman–Crippen LogP) is 2.96. The van der Waals surface area contributed by atoms with Gasteiger partial charge in [0.25, 0.3) is 5.91 Å². The molecule has 0 aliphatic carbocycles. The Bertz CT molecular complexity index is 465. The predicted molar refractivity (Wildman–Crippen MR) is 81.2 cm³/mol. The third kappa shape index (κ3) is 3.37. The van der Waals surface area contributed by atoms with Gasteiger partial charge in [-0.3, -0.25) is 4.79 Å². The van der Waals surface area contributed by atoms with Gasteiger partial charge in [-0.2, -0.15) is 0 Å². The van der Waals surface area contributed by atoms with Gasteiger partial charge in [0, 0.05) is 29.2 Å². The molecule has 1 fully saturated rings. The Hall–Kier alpha value is -0.870. The standard InChI is InChI=1S/C15H21BrN2O/c1-10-3-4-13(16)9-14(10)15(19)18-7-5-12(6-8-18)11(2)17/h3-4,9,11-12H,5-8,17H2,1-2H3. The van der Waals surface area contributed by atoms with Gasteiger partial charge in [-0.05, 0) is 50.3 Å². The molecule has 104 valence electrons. The van der Waals surface area contributed by atoms with Crippen LogP contribution < -0.4 is 5.73 Å². The molecule has 0 saturated carbocycles. The summed E-state index contributed by atoms with van der Waals surface area (Å²) in [6.45, 7) is 5.67. The van der Waals surface area contributed by atoms with E-state index in [9.17, 15) is 4.79 Å². The number of hydrogen-bond donors (Lipinski definition) is 1. The van der Waals surface area contributed by atoms with Gasteiger partial charge in [-0.15, -0.1) is 0 Å². The molecular formula is C15H21BrN2O. The molecule has 1 aromatic rings. The number of aryl methyl sites for hydroxylation is 1. The van der Waals surface area contributed by atoms with E-state index in [1.54, 1.807) is 0 Å². The van der Waals surface area contributed by atoms with Crippen molar-refractivity contribution in [3.05, 3.63) is 33.8 Å². The summed E-state index contributed by atoms with van der Waals surface area (Å²) in [6, 6.07) is 6.08. The maximum Gasteiger partial charge on any atom is 0.254 e. The van der Waals surface area contributed by atoms with Crippen LogP contribution in [0, 0.1) is 12.8 Å². The lowest BCUT2D eigenvalue weighted by atomic mass is 9.90. The van der Waals surface area contributed by atoms with Crippen LogP contribution in [0.1, 0.15) is 35.7 Å². The first-order valence-electron chi connectivity index (χ1n) is 6.80. The third-order valence-electron chi connectivity index (χ3n) is 4.00. The van der Waals surface area contributed by atoms with Gasteiger partial charge < -0.3 is 10.6 Å². The van der Waals surface area contributed by atoms with Crippen LogP contribution in [0.5, 0.6) is 0 Å². The molecule has 1 aliphatic heterocycles. The molecular weight excluding hydrogens is 304 g/mol. The summed E-state index contributed by atoms with van der Waals surface area (Å²) in [7, 11) is 0. The molecule has 1 aromatic carbocycles. The zero-order chi connectivity index (χ0) is 14.0. The summed E-state index contributed by atoms with van der Waals surface area (Å²) in [5.74, 6) is 0.689. The molecule has 2 N–H and O–H groups in total. The summed E-state index contributed by atoms with van der Waals surface area (Å²) < 4.78 is 0.951. The second kappa shape index (κ2) is 6.06. The number of carbonyl (C=O) groups is 1. The summed E-state index contributed by atoms with van der Waals surface area (Å²) in [5, 5.41) is 0. The van der Waals surface area contributed by atoms with Crippen LogP contribution in [0.25, 0.3) is 0 Å². The zero-order valence-electron chi connectivity index (χ0n) is 11.5. The topological polar surface area (TPSA) is 46.3 Å². The molecule has 2 rings (SSSR count). The Balaban J connectivity index is 2.07. The van der Waals surface area contributed by atoms with Crippen molar-refractivity contribution in [2.45, 2.75) is 32.7 Å². The average Bonchev–Trinajstić information content (AvgIpc) is 2.41. The molecule has 3 nitrogen and oxygen atoms in total. The summed E-state index contributed by atoms with van der Waals surface area (Å²) in [4.78, 5) is 14.5. The molecule has 1 atom stereocenters. The van der Waals surface area contributed by atoms with Crippen LogP contribution in [-0.2, 0) is 0 Å². The van der Waals surface area contributed by atoms with Gasteiger partial charge in [0.2, 0.25) is 0 Å². The maximum absolute atomic E-state index is 12.5. The smallest absolute Gasteiger partial charge is 0.254 e. The molecule has 0 aromatic heterocycles. The van der Waals surface area contributed by atoms with E-state index in [0.29, 0.717) is 5.92 Å². The number of carbonyl (C=O) groups excluding carboxylic acids is 1. The van der Waals surface area contributed by atoms with E-state index < -0.39 is 0 Å². The fourth-order valence-corrected chi connectivity index (χ4v) is 2.98. The second-order valence-electron chi connectivity index (χ2n) is 5.45. The van der Waals surface area contributed by atoms with E-state index in [0.717, 1.165) is 41.5 Å². The maximum atomic E-state index is 12.5. The molecule has 1 unspecified atom stereocenters. The Labute approximate surface area is 123 Å². The van der Waals surface area contributed by atoms with Crippen molar-refractivity contribution in [2.24, 2.45) is 11.7 Å². The van der Waals surface area contributed by atoms with Gasteiger partial charge in [0.05, 0.1) is 0 Å². The lowest BCUT2D eigenvalue weighted by Crippen LogP contribution is -2.42. The number of nitrogens with two attached hydrogens (primary N) is 1. The molecule has 1 saturated heterocycles. The molecule has 1 amide bonds. The van der Waals surface area contributed by atoms with Crippen molar-refractivity contribution in [1.29, 1.82) is 0 Å². The van der Waals surface area contributed by atoms with Crippen molar-refractivity contribution >= 4 is 21.8 Å². The minimum Gasteiger partial charge on any atom is -0.339 e. The van der Waals surface area contributed by atoms with Crippen LogP contribution in [0.15, 0.2) is 22.7 Å². The van der Waals surface area contributed by atoms with Crippen LogP contribution in [0.4, 0.5) is 0 Å². The van der Waals surface area contributed by atoms with Crippen LogP contribution in [-0.4, -0.2) is 29.9 Å². The van der Waals surface area contributed by atoms with Gasteiger partial charge >= 0.3 is 0 Å². The zero-order valence-corrected chi connectivity index (χ0v) is 13.1. The van der Waals surface area contributed by atoms with Crippen molar-refractivity contribution in [1.82, 2.24) is 4.90 Å². The fourth-order valence-electron chi connectivity index (χ4n) is 2.62. The Morgan fingerprint density at radius 1 is 1.42 bits per heavy atom. The van der Waals surface area contributed by atoms with Crippen LogP contribution in [0.3, 0.4) is 0 Å². The molecule has 19 heavy (non-hydrogen) atoms. The number of piperidine rings is 1. The number of hydrogen-bond acceptors (Lipinski definition) is 2. The summed E-state index contributed by atoms with van der Waals surface area (Å²) in [6.07, 6.45) is 2.02. The van der Waals surface area contributed by atoms with E-state index in [-0.39, 0.29) is 11.9 Å². The Kier molecular flexibility index (Phi) is 4.63. The lowest BCUT2D eigenvalue weighted by Gasteiger charge is -2.34.